The van der Waals surface area contributed by atoms with Gasteiger partial charge in [-0.15, -0.1) is 0 Å². The van der Waals surface area contributed by atoms with E-state index in [0.717, 1.165) is 44.5 Å². The molecular formula is C52H48O4Ti. The zero-order chi connectivity index (χ0) is 39.2. The van der Waals surface area contributed by atoms with Gasteiger partial charge in [-0.05, 0) is 44.5 Å². The topological polar surface area (TPSA) is 80.9 Å². The Labute approximate surface area is 351 Å². The summed E-state index contributed by atoms with van der Waals surface area (Å²) in [5.74, 6) is 0. The summed E-state index contributed by atoms with van der Waals surface area (Å²) in [5.41, 5.74) is 7.43. The smallest absolute Gasteiger partial charge is 0.104 e. The van der Waals surface area contributed by atoms with Crippen LogP contribution in [0.1, 0.15) is 68.9 Å². The van der Waals surface area contributed by atoms with Gasteiger partial charge in [0.2, 0.25) is 0 Å². The van der Waals surface area contributed by atoms with Crippen molar-refractivity contribution in [2.24, 2.45) is 0 Å². The van der Waals surface area contributed by atoms with Crippen molar-refractivity contribution in [3.63, 3.8) is 0 Å². The molecule has 4 nitrogen and oxygen atoms in total. The predicted molar refractivity (Wildman–Crippen MR) is 228 cm³/mol. The van der Waals surface area contributed by atoms with E-state index < -0.39 is 24.4 Å². The minimum Gasteiger partial charge on any atom is -0.384 e. The van der Waals surface area contributed by atoms with E-state index in [-0.39, 0.29) is 21.7 Å². The maximum Gasteiger partial charge on any atom is 0.104 e. The zero-order valence-corrected chi connectivity index (χ0v) is 33.3. The Kier molecular flexibility index (Phi) is 19.1. The van der Waals surface area contributed by atoms with Crippen molar-refractivity contribution >= 4 is 0 Å². The van der Waals surface area contributed by atoms with Crippen LogP contribution >= 0.6 is 0 Å². The Hall–Kier alpha value is -5.69. The quantitative estimate of drug-likeness (QED) is 0.116. The third kappa shape index (κ3) is 14.4. The van der Waals surface area contributed by atoms with Gasteiger partial charge in [-0.3, -0.25) is 0 Å². The standard InChI is InChI=1S/4C13H12O.Ti/c4*14-13(11-7-3-1-4-8-11)12-9-5-2-6-10-12;/h4*1-10,13-14H;. The van der Waals surface area contributed by atoms with Crippen LogP contribution in [0, 0.1) is 0 Å². The minimum atomic E-state index is -0.516. The van der Waals surface area contributed by atoms with E-state index in [1.54, 1.807) is 0 Å². The van der Waals surface area contributed by atoms with Crippen molar-refractivity contribution in [1.82, 2.24) is 0 Å². The molecule has 0 atom stereocenters. The number of hydrogen-bond acceptors (Lipinski definition) is 4. The normalized spacial score (nSPS) is 10.2. The Morgan fingerprint density at radius 2 is 0.263 bits per heavy atom. The Bertz CT molecular complexity index is 1700. The van der Waals surface area contributed by atoms with Crippen molar-refractivity contribution in [3.05, 3.63) is 287 Å². The minimum absolute atomic E-state index is 0. The maximum atomic E-state index is 9.99. The largest absolute Gasteiger partial charge is 0.384 e. The first-order valence-electron chi connectivity index (χ1n) is 18.6. The number of aliphatic hydroxyl groups excluding tert-OH is 4. The van der Waals surface area contributed by atoms with Crippen molar-refractivity contribution in [2.45, 2.75) is 24.4 Å². The molecule has 0 aliphatic carbocycles. The third-order valence-corrected chi connectivity index (χ3v) is 8.92. The van der Waals surface area contributed by atoms with E-state index in [1.165, 1.54) is 0 Å². The fraction of sp³-hybridized carbons (Fsp3) is 0.0769. The zero-order valence-electron chi connectivity index (χ0n) is 31.7. The number of benzene rings is 8. The molecule has 8 aromatic carbocycles. The van der Waals surface area contributed by atoms with Crippen LogP contribution in [0.25, 0.3) is 0 Å². The second kappa shape index (κ2) is 24.7. The van der Waals surface area contributed by atoms with Gasteiger partial charge in [-0.25, -0.2) is 0 Å². The van der Waals surface area contributed by atoms with Crippen molar-refractivity contribution in [1.29, 1.82) is 0 Å². The van der Waals surface area contributed by atoms with Crippen LogP contribution in [0.5, 0.6) is 0 Å². The molecule has 0 saturated heterocycles. The van der Waals surface area contributed by atoms with Gasteiger partial charge in [0, 0.05) is 21.7 Å². The number of aliphatic hydroxyl groups is 4. The van der Waals surface area contributed by atoms with Crippen LogP contribution in [-0.2, 0) is 21.7 Å². The van der Waals surface area contributed by atoms with Crippen LogP contribution < -0.4 is 0 Å². The average molecular weight is 785 g/mol. The molecule has 0 heterocycles. The van der Waals surface area contributed by atoms with Crippen LogP contribution in [0.2, 0.25) is 0 Å². The predicted octanol–water partition coefficient (Wildman–Crippen LogP) is 11.1. The molecule has 0 amide bonds. The summed E-state index contributed by atoms with van der Waals surface area (Å²) in [7, 11) is 0. The van der Waals surface area contributed by atoms with Crippen LogP contribution in [0.4, 0.5) is 0 Å². The SMILES string of the molecule is OC(c1ccccc1)c1ccccc1.OC(c1ccccc1)c1ccccc1.OC(c1ccccc1)c1ccccc1.OC(c1ccccc1)c1ccccc1.[Ti]. The Morgan fingerprint density at radius 3 is 0.351 bits per heavy atom. The first kappa shape index (κ1) is 44.0. The van der Waals surface area contributed by atoms with Gasteiger partial charge in [-0.1, -0.05) is 243 Å². The van der Waals surface area contributed by atoms with Gasteiger partial charge in [0.15, 0.2) is 0 Å². The monoisotopic (exact) mass is 784 g/mol. The van der Waals surface area contributed by atoms with E-state index in [9.17, 15) is 20.4 Å². The molecule has 0 aliphatic rings. The molecule has 0 aliphatic heterocycles. The molecule has 0 spiro atoms. The molecule has 284 valence electrons. The van der Waals surface area contributed by atoms with E-state index in [1.807, 2.05) is 243 Å². The summed E-state index contributed by atoms with van der Waals surface area (Å²) in [4.78, 5) is 0. The molecule has 0 unspecified atom stereocenters. The van der Waals surface area contributed by atoms with E-state index in [2.05, 4.69) is 0 Å². The van der Waals surface area contributed by atoms with Crippen molar-refractivity contribution in [2.75, 3.05) is 0 Å². The molecule has 8 rings (SSSR count). The molecular weight excluding hydrogens is 736 g/mol. The van der Waals surface area contributed by atoms with E-state index in [4.69, 9.17) is 0 Å². The summed E-state index contributed by atoms with van der Waals surface area (Å²) in [5, 5.41) is 40.0. The summed E-state index contributed by atoms with van der Waals surface area (Å²) in [6, 6.07) is 77.3. The Balaban J connectivity index is 0.000000167. The molecule has 4 N–H and O–H groups in total. The second-order valence-corrected chi connectivity index (χ2v) is 12.9. The molecule has 8 aromatic rings. The van der Waals surface area contributed by atoms with Crippen LogP contribution in [0.3, 0.4) is 0 Å². The first-order valence-corrected chi connectivity index (χ1v) is 18.6. The molecule has 0 saturated carbocycles. The van der Waals surface area contributed by atoms with Crippen molar-refractivity contribution < 1.29 is 42.1 Å². The summed E-state index contributed by atoms with van der Waals surface area (Å²) in [6.07, 6.45) is -2.07. The molecule has 57 heavy (non-hydrogen) atoms. The number of rotatable bonds is 8. The maximum absolute atomic E-state index is 9.99. The summed E-state index contributed by atoms with van der Waals surface area (Å²) < 4.78 is 0. The van der Waals surface area contributed by atoms with Gasteiger partial charge in [0.1, 0.15) is 24.4 Å². The van der Waals surface area contributed by atoms with Crippen LogP contribution in [-0.4, -0.2) is 20.4 Å². The summed E-state index contributed by atoms with van der Waals surface area (Å²) >= 11 is 0. The van der Waals surface area contributed by atoms with Gasteiger partial charge >= 0.3 is 0 Å². The Morgan fingerprint density at radius 1 is 0.175 bits per heavy atom. The fourth-order valence-electron chi connectivity index (χ4n) is 5.85. The number of hydrogen-bond donors (Lipinski definition) is 4. The third-order valence-electron chi connectivity index (χ3n) is 8.92. The van der Waals surface area contributed by atoms with Gasteiger partial charge in [0.05, 0.1) is 0 Å². The second-order valence-electron chi connectivity index (χ2n) is 12.9. The molecule has 0 fully saturated rings. The van der Waals surface area contributed by atoms with Gasteiger partial charge in [0.25, 0.3) is 0 Å². The fourth-order valence-corrected chi connectivity index (χ4v) is 5.85. The molecule has 0 bridgehead atoms. The van der Waals surface area contributed by atoms with E-state index in [0.29, 0.717) is 0 Å². The van der Waals surface area contributed by atoms with E-state index >= 15 is 0 Å². The molecule has 0 aromatic heterocycles. The summed E-state index contributed by atoms with van der Waals surface area (Å²) in [6.45, 7) is 0. The van der Waals surface area contributed by atoms with Gasteiger partial charge in [-0.2, -0.15) is 0 Å². The first-order chi connectivity index (χ1) is 27.5. The molecule has 5 heteroatoms. The van der Waals surface area contributed by atoms with Crippen LogP contribution in [0.15, 0.2) is 243 Å². The van der Waals surface area contributed by atoms with Gasteiger partial charge < -0.3 is 20.4 Å². The average Bonchev–Trinajstić information content (AvgIpc) is 3.31. The van der Waals surface area contributed by atoms with Crippen molar-refractivity contribution in [3.8, 4) is 0 Å². The molecule has 0 radical (unpaired) electrons.